The van der Waals surface area contributed by atoms with E-state index in [4.69, 9.17) is 0 Å². The molecule has 9 heteroatoms. The molecule has 162 valence electrons. The van der Waals surface area contributed by atoms with Gasteiger partial charge < -0.3 is 4.90 Å². The van der Waals surface area contributed by atoms with E-state index in [-0.39, 0.29) is 31.2 Å². The number of nitrogens with one attached hydrogen (secondary N) is 1. The Morgan fingerprint density at radius 2 is 1.75 bits per heavy atom. The average Bonchev–Trinajstić information content (AvgIpc) is 3.27. The zero-order chi connectivity index (χ0) is 22.6. The Morgan fingerprint density at radius 1 is 1.00 bits per heavy atom. The van der Waals surface area contributed by atoms with Crippen LogP contribution >= 0.6 is 0 Å². The van der Waals surface area contributed by atoms with E-state index in [1.807, 2.05) is 6.07 Å². The summed E-state index contributed by atoms with van der Waals surface area (Å²) in [5, 5.41) is 6.54. The van der Waals surface area contributed by atoms with Crippen LogP contribution in [0.15, 0.2) is 42.6 Å². The maximum atomic E-state index is 13.8. The van der Waals surface area contributed by atoms with Gasteiger partial charge in [-0.25, -0.2) is 8.78 Å². The maximum Gasteiger partial charge on any atom is 0.255 e. The summed E-state index contributed by atoms with van der Waals surface area (Å²) in [6.45, 7) is 0.235. The smallest absolute Gasteiger partial charge is 0.255 e. The first-order chi connectivity index (χ1) is 15.3. The molecule has 3 heterocycles. The summed E-state index contributed by atoms with van der Waals surface area (Å²) >= 11 is 0. The Hall–Kier alpha value is -3.88. The van der Waals surface area contributed by atoms with Crippen LogP contribution in [0.2, 0.25) is 0 Å². The van der Waals surface area contributed by atoms with Gasteiger partial charge in [-0.1, -0.05) is 6.07 Å². The number of carbonyl (C=O) groups excluding carboxylic acids is 3. The van der Waals surface area contributed by atoms with Crippen molar-refractivity contribution in [1.29, 1.82) is 0 Å². The molecule has 0 aliphatic carbocycles. The molecule has 0 radical (unpaired) electrons. The molecular formula is C23H18F2N4O3. The van der Waals surface area contributed by atoms with Crippen LogP contribution in [-0.2, 0) is 23.2 Å². The zero-order valence-corrected chi connectivity index (χ0v) is 17.1. The van der Waals surface area contributed by atoms with Crippen molar-refractivity contribution in [2.24, 2.45) is 7.05 Å². The van der Waals surface area contributed by atoms with Crippen LogP contribution in [0, 0.1) is 11.6 Å². The van der Waals surface area contributed by atoms with Crippen LogP contribution in [-0.4, -0.2) is 38.4 Å². The van der Waals surface area contributed by atoms with Crippen LogP contribution in [0.4, 0.5) is 8.78 Å². The van der Waals surface area contributed by atoms with Gasteiger partial charge >= 0.3 is 0 Å². The van der Waals surface area contributed by atoms with Crippen molar-refractivity contribution in [2.75, 3.05) is 0 Å². The first-order valence-electron chi connectivity index (χ1n) is 10.1. The number of benzene rings is 2. The van der Waals surface area contributed by atoms with Gasteiger partial charge in [0.25, 0.3) is 5.91 Å². The van der Waals surface area contributed by atoms with E-state index in [1.165, 1.54) is 21.7 Å². The Morgan fingerprint density at radius 3 is 2.47 bits per heavy atom. The summed E-state index contributed by atoms with van der Waals surface area (Å²) in [5.74, 6) is -2.45. The fourth-order valence-corrected chi connectivity index (χ4v) is 4.42. The van der Waals surface area contributed by atoms with E-state index in [0.29, 0.717) is 22.4 Å². The van der Waals surface area contributed by atoms with Crippen molar-refractivity contribution in [2.45, 2.75) is 25.4 Å². The van der Waals surface area contributed by atoms with Crippen LogP contribution < -0.4 is 5.32 Å². The van der Waals surface area contributed by atoms with Gasteiger partial charge in [0.15, 0.2) is 0 Å². The van der Waals surface area contributed by atoms with E-state index < -0.39 is 23.6 Å². The predicted molar refractivity (Wildman–Crippen MR) is 110 cm³/mol. The lowest BCUT2D eigenvalue weighted by Crippen LogP contribution is -2.52. The van der Waals surface area contributed by atoms with Gasteiger partial charge in [-0.3, -0.25) is 24.4 Å². The van der Waals surface area contributed by atoms with Crippen molar-refractivity contribution in [3.63, 3.8) is 0 Å². The fraction of sp³-hybridized carbons (Fsp3) is 0.217. The number of carbonyl (C=O) groups is 3. The van der Waals surface area contributed by atoms with E-state index >= 15 is 0 Å². The van der Waals surface area contributed by atoms with Crippen molar-refractivity contribution >= 4 is 17.7 Å². The first-order valence-corrected chi connectivity index (χ1v) is 10.1. The van der Waals surface area contributed by atoms with E-state index in [0.717, 1.165) is 17.2 Å². The number of amides is 3. The molecular weight excluding hydrogens is 418 g/mol. The summed E-state index contributed by atoms with van der Waals surface area (Å²) < 4.78 is 29.2. The second kappa shape index (κ2) is 7.37. The number of halogens is 2. The summed E-state index contributed by atoms with van der Waals surface area (Å²) in [5.41, 5.74) is 3.49. The molecule has 1 aromatic heterocycles. The minimum atomic E-state index is -0.694. The third-order valence-electron chi connectivity index (χ3n) is 5.91. The molecule has 2 aliphatic rings. The highest BCUT2D eigenvalue weighted by molar-refractivity contribution is 6.05. The monoisotopic (exact) mass is 436 g/mol. The van der Waals surface area contributed by atoms with Gasteiger partial charge in [0, 0.05) is 42.8 Å². The standard InChI is InChI=1S/C23H18F2N4O3/c1-28-21(13-7-15(24)9-16(25)8-13)18(10-26-28)12-2-3-17-14(6-12)11-29(23(17)32)19-4-5-20(30)27-22(19)31/h2-3,6-10,19H,4-5,11H2,1H3,(H,27,30,31). The van der Waals surface area contributed by atoms with Gasteiger partial charge in [-0.15, -0.1) is 0 Å². The van der Waals surface area contributed by atoms with E-state index in [2.05, 4.69) is 10.4 Å². The number of aromatic nitrogens is 2. The van der Waals surface area contributed by atoms with Gasteiger partial charge in [-0.2, -0.15) is 5.10 Å². The highest BCUT2D eigenvalue weighted by Crippen LogP contribution is 2.36. The van der Waals surface area contributed by atoms with E-state index in [9.17, 15) is 23.2 Å². The van der Waals surface area contributed by atoms with Gasteiger partial charge in [0.1, 0.15) is 17.7 Å². The van der Waals surface area contributed by atoms with Crippen LogP contribution in [0.3, 0.4) is 0 Å². The molecule has 1 unspecified atom stereocenters. The lowest BCUT2D eigenvalue weighted by Gasteiger charge is -2.29. The molecule has 1 N–H and O–H groups in total. The second-order valence-electron chi connectivity index (χ2n) is 7.96. The third-order valence-corrected chi connectivity index (χ3v) is 5.91. The molecule has 5 rings (SSSR count). The molecule has 3 amide bonds. The SMILES string of the molecule is Cn1ncc(-c2ccc3c(c2)CN(C2CCC(=O)NC2=O)C3=O)c1-c1cc(F)cc(F)c1. The van der Waals surface area contributed by atoms with Crippen LogP contribution in [0.5, 0.6) is 0 Å². The average molecular weight is 436 g/mol. The summed E-state index contributed by atoms with van der Waals surface area (Å²) in [6, 6.07) is 7.86. The molecule has 3 aromatic rings. The number of nitrogens with zero attached hydrogens (tertiary/aromatic N) is 3. The Balaban J connectivity index is 1.51. The maximum absolute atomic E-state index is 13.8. The topological polar surface area (TPSA) is 84.3 Å². The molecule has 1 atom stereocenters. The fourth-order valence-electron chi connectivity index (χ4n) is 4.42. The largest absolute Gasteiger partial charge is 0.322 e. The number of rotatable bonds is 3. The molecule has 32 heavy (non-hydrogen) atoms. The zero-order valence-electron chi connectivity index (χ0n) is 17.1. The Bertz CT molecular complexity index is 1280. The molecule has 2 aliphatic heterocycles. The quantitative estimate of drug-likeness (QED) is 0.640. The Kier molecular flexibility index (Phi) is 4.61. The number of hydrogen-bond donors (Lipinski definition) is 1. The molecule has 7 nitrogen and oxygen atoms in total. The molecule has 1 saturated heterocycles. The lowest BCUT2D eigenvalue weighted by atomic mass is 9.98. The number of aryl methyl sites for hydroxylation is 1. The van der Waals surface area contributed by atoms with Crippen molar-refractivity contribution in [3.05, 3.63) is 65.4 Å². The van der Waals surface area contributed by atoms with Gasteiger partial charge in [0.2, 0.25) is 11.8 Å². The van der Waals surface area contributed by atoms with Crippen molar-refractivity contribution < 1.29 is 23.2 Å². The molecule has 0 spiro atoms. The molecule has 0 saturated carbocycles. The van der Waals surface area contributed by atoms with Gasteiger partial charge in [0.05, 0.1) is 11.9 Å². The molecule has 2 aromatic carbocycles. The predicted octanol–water partition coefficient (Wildman–Crippen LogP) is 2.79. The highest BCUT2D eigenvalue weighted by atomic mass is 19.1. The third kappa shape index (κ3) is 3.26. The number of imide groups is 1. The molecule has 0 bridgehead atoms. The Labute approximate surface area is 181 Å². The number of piperidine rings is 1. The number of hydrogen-bond acceptors (Lipinski definition) is 4. The highest BCUT2D eigenvalue weighted by Gasteiger charge is 2.39. The number of fused-ring (bicyclic) bond motifs is 1. The van der Waals surface area contributed by atoms with Crippen LogP contribution in [0.25, 0.3) is 22.4 Å². The van der Waals surface area contributed by atoms with Crippen molar-refractivity contribution in [1.82, 2.24) is 20.0 Å². The second-order valence-corrected chi connectivity index (χ2v) is 7.96. The van der Waals surface area contributed by atoms with Gasteiger partial charge in [-0.05, 0) is 41.8 Å². The normalized spacial score (nSPS) is 18.2. The van der Waals surface area contributed by atoms with Crippen molar-refractivity contribution in [3.8, 4) is 22.4 Å². The first kappa shape index (κ1) is 20.0. The molecule has 1 fully saturated rings. The minimum Gasteiger partial charge on any atom is -0.322 e. The minimum absolute atomic E-state index is 0.186. The summed E-state index contributed by atoms with van der Waals surface area (Å²) in [4.78, 5) is 38.0. The lowest BCUT2D eigenvalue weighted by molar-refractivity contribution is -0.136. The van der Waals surface area contributed by atoms with Crippen LogP contribution in [0.1, 0.15) is 28.8 Å². The van der Waals surface area contributed by atoms with E-state index in [1.54, 1.807) is 25.4 Å². The summed E-state index contributed by atoms with van der Waals surface area (Å²) in [7, 11) is 1.68. The summed E-state index contributed by atoms with van der Waals surface area (Å²) in [6.07, 6.45) is 2.08.